The molecule has 0 aliphatic heterocycles. The molecule has 2 rings (SSSR count). The van der Waals surface area contributed by atoms with Crippen LogP contribution in [0.5, 0.6) is 0 Å². The molecule has 23 heavy (non-hydrogen) atoms. The average molecular weight is 328 g/mol. The molecule has 1 aromatic heterocycles. The molecule has 0 aliphatic carbocycles. The van der Waals surface area contributed by atoms with Gasteiger partial charge >= 0.3 is 0 Å². The van der Waals surface area contributed by atoms with Crippen molar-refractivity contribution in [3.63, 3.8) is 0 Å². The monoisotopic (exact) mass is 327 g/mol. The van der Waals surface area contributed by atoms with Crippen molar-refractivity contribution in [1.29, 1.82) is 0 Å². The molecule has 0 nitrogen and oxygen atoms in total. The normalized spacial score (nSPS) is 11.0. The molecule has 1 heteroatoms. The van der Waals surface area contributed by atoms with E-state index in [1.807, 2.05) is 0 Å². The molecule has 125 valence electrons. The molecule has 0 bridgehead atoms. The fourth-order valence-corrected chi connectivity index (χ4v) is 3.98. The molecule has 0 aliphatic rings. The minimum atomic E-state index is 1.21. The van der Waals surface area contributed by atoms with Crippen molar-refractivity contribution < 1.29 is 0 Å². The molecule has 0 saturated carbocycles. The Balaban J connectivity index is 1.58. The molecule has 2 aromatic rings. The Bertz CT molecular complexity index is 512. The van der Waals surface area contributed by atoms with Crippen molar-refractivity contribution >= 4 is 11.3 Å². The average Bonchev–Trinajstić information content (AvgIpc) is 3.06. The van der Waals surface area contributed by atoms with Crippen LogP contribution in [0.1, 0.15) is 76.7 Å². The molecule has 0 atom stereocenters. The van der Waals surface area contributed by atoms with Crippen LogP contribution in [-0.2, 0) is 6.42 Å². The van der Waals surface area contributed by atoms with Crippen LogP contribution in [0, 0.1) is 5.38 Å². The highest BCUT2D eigenvalue weighted by Crippen LogP contribution is 2.30. The van der Waals surface area contributed by atoms with Gasteiger partial charge in [-0.05, 0) is 30.0 Å². The van der Waals surface area contributed by atoms with Crippen LogP contribution in [0.15, 0.2) is 36.4 Å². The molecule has 1 radical (unpaired) electrons. The zero-order valence-electron chi connectivity index (χ0n) is 14.7. The zero-order chi connectivity index (χ0) is 16.2. The summed E-state index contributed by atoms with van der Waals surface area (Å²) >= 11 is 1.76. The minimum absolute atomic E-state index is 1.21. The van der Waals surface area contributed by atoms with E-state index in [0.29, 0.717) is 0 Å². The van der Waals surface area contributed by atoms with E-state index in [1.54, 1.807) is 11.3 Å². The summed E-state index contributed by atoms with van der Waals surface area (Å²) in [7, 11) is 0. The third-order valence-electron chi connectivity index (χ3n) is 4.52. The Kier molecular flexibility index (Phi) is 9.09. The van der Waals surface area contributed by atoms with E-state index in [0.717, 1.165) is 0 Å². The van der Waals surface area contributed by atoms with Gasteiger partial charge in [0.05, 0.1) is 0 Å². The molecule has 1 heterocycles. The van der Waals surface area contributed by atoms with Crippen LogP contribution < -0.4 is 0 Å². The molecule has 1 aromatic carbocycles. The molecular weight excluding hydrogens is 296 g/mol. The summed E-state index contributed by atoms with van der Waals surface area (Å²) in [6, 6.07) is 12.9. The van der Waals surface area contributed by atoms with Gasteiger partial charge in [-0.15, -0.1) is 11.3 Å². The van der Waals surface area contributed by atoms with E-state index in [1.165, 1.54) is 86.6 Å². The second kappa shape index (κ2) is 11.5. The zero-order valence-corrected chi connectivity index (χ0v) is 15.5. The van der Waals surface area contributed by atoms with E-state index in [2.05, 4.69) is 48.7 Å². The van der Waals surface area contributed by atoms with E-state index >= 15 is 0 Å². The number of benzene rings is 1. The van der Waals surface area contributed by atoms with Gasteiger partial charge in [-0.2, -0.15) is 0 Å². The van der Waals surface area contributed by atoms with Gasteiger partial charge in [0.25, 0.3) is 0 Å². The van der Waals surface area contributed by atoms with E-state index < -0.39 is 0 Å². The maximum atomic E-state index is 3.32. The Morgan fingerprint density at radius 2 is 1.39 bits per heavy atom. The van der Waals surface area contributed by atoms with Crippen molar-refractivity contribution in [3.05, 3.63) is 47.3 Å². The predicted octanol–water partition coefficient (Wildman–Crippen LogP) is 7.68. The number of unbranched alkanes of at least 4 members (excludes halogenated alkanes) is 9. The number of aryl methyl sites for hydroxylation is 1. The molecule has 0 N–H and O–H groups in total. The summed E-state index contributed by atoms with van der Waals surface area (Å²) in [5.41, 5.74) is 2.83. The highest BCUT2D eigenvalue weighted by atomic mass is 32.1. The molecule has 0 spiro atoms. The lowest BCUT2D eigenvalue weighted by Crippen LogP contribution is -1.87. The number of thiophene rings is 1. The van der Waals surface area contributed by atoms with Crippen LogP contribution in [0.3, 0.4) is 0 Å². The van der Waals surface area contributed by atoms with Crippen LogP contribution in [0.25, 0.3) is 10.4 Å². The Morgan fingerprint density at radius 1 is 0.783 bits per heavy atom. The van der Waals surface area contributed by atoms with Gasteiger partial charge in [-0.1, -0.05) is 95.0 Å². The SMILES string of the molecule is CCCCCCCCCCCCc1c[c]sc1-c1ccccc1. The van der Waals surface area contributed by atoms with Crippen molar-refractivity contribution in [2.75, 3.05) is 0 Å². The Hall–Kier alpha value is -1.08. The molecule has 0 fully saturated rings. The quantitative estimate of drug-likeness (QED) is 0.351. The van der Waals surface area contributed by atoms with Crippen LogP contribution in [0.4, 0.5) is 0 Å². The smallest absolute Gasteiger partial charge is 0.0452 e. The van der Waals surface area contributed by atoms with Gasteiger partial charge in [-0.25, -0.2) is 0 Å². The summed E-state index contributed by atoms with van der Waals surface area (Å²) in [6.45, 7) is 2.29. The highest BCUT2D eigenvalue weighted by molar-refractivity contribution is 7.13. The van der Waals surface area contributed by atoms with Crippen molar-refractivity contribution in [2.24, 2.45) is 0 Å². The summed E-state index contributed by atoms with van der Waals surface area (Å²) < 4.78 is 0. The lowest BCUT2D eigenvalue weighted by atomic mass is 10.0. The molecule has 0 amide bonds. The van der Waals surface area contributed by atoms with Gasteiger partial charge in [0.1, 0.15) is 0 Å². The van der Waals surface area contributed by atoms with Gasteiger partial charge in [-0.3, -0.25) is 0 Å². The summed E-state index contributed by atoms with van der Waals surface area (Å²) in [4.78, 5) is 1.42. The topological polar surface area (TPSA) is 0 Å². The largest absolute Gasteiger partial charge is 0.134 e. The van der Waals surface area contributed by atoms with Gasteiger partial charge in [0.2, 0.25) is 0 Å². The lowest BCUT2D eigenvalue weighted by Gasteiger charge is -2.05. The maximum Gasteiger partial charge on any atom is 0.0452 e. The van der Waals surface area contributed by atoms with Crippen LogP contribution in [0.2, 0.25) is 0 Å². The first-order valence-corrected chi connectivity index (χ1v) is 10.3. The number of hydrogen-bond acceptors (Lipinski definition) is 1. The second-order valence-corrected chi connectivity index (χ2v) is 7.36. The van der Waals surface area contributed by atoms with E-state index in [4.69, 9.17) is 0 Å². The fourth-order valence-electron chi connectivity index (χ4n) is 3.11. The molecular formula is C22H31S. The molecule has 0 saturated heterocycles. The summed E-state index contributed by atoms with van der Waals surface area (Å²) in [6.07, 6.45) is 15.3. The highest BCUT2D eigenvalue weighted by Gasteiger charge is 2.06. The molecule has 0 unspecified atom stereocenters. The minimum Gasteiger partial charge on any atom is -0.134 e. The van der Waals surface area contributed by atoms with Crippen molar-refractivity contribution in [3.8, 4) is 10.4 Å². The first-order valence-electron chi connectivity index (χ1n) is 9.46. The van der Waals surface area contributed by atoms with Gasteiger partial charge in [0.15, 0.2) is 0 Å². The summed E-state index contributed by atoms with van der Waals surface area (Å²) in [5, 5.41) is 3.32. The Labute approximate surface area is 147 Å². The summed E-state index contributed by atoms with van der Waals surface area (Å²) in [5.74, 6) is 0. The fraction of sp³-hybridized carbons (Fsp3) is 0.545. The second-order valence-electron chi connectivity index (χ2n) is 6.52. The van der Waals surface area contributed by atoms with E-state index in [9.17, 15) is 0 Å². The van der Waals surface area contributed by atoms with Crippen LogP contribution >= 0.6 is 11.3 Å². The van der Waals surface area contributed by atoms with Crippen molar-refractivity contribution in [1.82, 2.24) is 0 Å². The third-order valence-corrected chi connectivity index (χ3v) is 5.46. The lowest BCUT2D eigenvalue weighted by molar-refractivity contribution is 0.556. The predicted molar refractivity (Wildman–Crippen MR) is 104 cm³/mol. The van der Waals surface area contributed by atoms with Crippen LogP contribution in [-0.4, -0.2) is 0 Å². The number of rotatable bonds is 12. The first-order chi connectivity index (χ1) is 11.4. The maximum absolute atomic E-state index is 3.32. The van der Waals surface area contributed by atoms with E-state index in [-0.39, 0.29) is 0 Å². The first kappa shape index (κ1) is 18.3. The third kappa shape index (κ3) is 6.91. The Morgan fingerprint density at radius 3 is 2.04 bits per heavy atom. The standard InChI is InChI=1S/C22H31S/c1-2-3-4-5-6-7-8-9-10-12-17-21-18-19-23-22(21)20-15-13-11-14-16-20/h11,13-16,18H,2-10,12,17H2,1H3. The van der Waals surface area contributed by atoms with Gasteiger partial charge < -0.3 is 0 Å². The van der Waals surface area contributed by atoms with Crippen molar-refractivity contribution in [2.45, 2.75) is 77.6 Å². The van der Waals surface area contributed by atoms with Gasteiger partial charge in [0, 0.05) is 10.3 Å². The number of hydrogen-bond donors (Lipinski definition) is 0.